The number of nitrogens with one attached hydrogen (secondary N) is 1. The Morgan fingerprint density at radius 2 is 1.62 bits per heavy atom. The summed E-state index contributed by atoms with van der Waals surface area (Å²) in [5, 5.41) is 14.9. The van der Waals surface area contributed by atoms with Gasteiger partial charge in [0, 0.05) is 24.4 Å². The Bertz CT molecular complexity index is 1260. The molecule has 0 saturated carbocycles. The smallest absolute Gasteiger partial charge is 0.408 e. The first kappa shape index (κ1) is 28.4. The molecule has 0 aliphatic carbocycles. The van der Waals surface area contributed by atoms with E-state index in [-0.39, 0.29) is 5.91 Å². The zero-order valence-electron chi connectivity index (χ0n) is 22.7. The molecule has 2 N–H and O–H groups in total. The van der Waals surface area contributed by atoms with Crippen molar-refractivity contribution in [3.05, 3.63) is 82.6 Å². The number of hydrogen-bond acceptors (Lipinski definition) is 5. The maximum absolute atomic E-state index is 13.5. The van der Waals surface area contributed by atoms with Crippen LogP contribution in [0, 0.1) is 5.41 Å². The number of carbonyl (C=O) groups is 3. The van der Waals surface area contributed by atoms with Gasteiger partial charge in [0.25, 0.3) is 0 Å². The Labute approximate surface area is 233 Å². The molecule has 8 heteroatoms. The molecule has 1 fully saturated rings. The third-order valence-corrected chi connectivity index (χ3v) is 7.96. The largest absolute Gasteiger partial charge is 0.481 e. The second-order valence-electron chi connectivity index (χ2n) is 11.1. The summed E-state index contributed by atoms with van der Waals surface area (Å²) in [5.74, 6) is -1.07. The van der Waals surface area contributed by atoms with Crippen molar-refractivity contribution in [1.29, 1.82) is 0 Å². The number of nitrogens with zero attached hydrogens (tertiary/aromatic N) is 1. The van der Waals surface area contributed by atoms with Gasteiger partial charge in [0.05, 0.1) is 5.41 Å². The molecule has 2 heterocycles. The molecule has 2 aromatic carbocycles. The summed E-state index contributed by atoms with van der Waals surface area (Å²) in [6, 6.07) is 21.1. The molecule has 7 nitrogen and oxygen atoms in total. The highest BCUT2D eigenvalue weighted by molar-refractivity contribution is 7.09. The van der Waals surface area contributed by atoms with Gasteiger partial charge in [0.1, 0.15) is 11.6 Å². The Morgan fingerprint density at radius 1 is 0.974 bits per heavy atom. The Hall–Kier alpha value is -3.65. The van der Waals surface area contributed by atoms with Crippen LogP contribution in [0.25, 0.3) is 11.1 Å². The second-order valence-corrected chi connectivity index (χ2v) is 12.2. The van der Waals surface area contributed by atoms with Gasteiger partial charge in [-0.25, -0.2) is 4.79 Å². The number of amides is 2. The van der Waals surface area contributed by atoms with Gasteiger partial charge in [-0.15, -0.1) is 11.3 Å². The van der Waals surface area contributed by atoms with E-state index in [1.807, 2.05) is 72.1 Å². The summed E-state index contributed by atoms with van der Waals surface area (Å²) >= 11 is 1.52. The van der Waals surface area contributed by atoms with Crippen LogP contribution in [-0.2, 0) is 27.2 Å². The first-order valence-corrected chi connectivity index (χ1v) is 14.1. The molecule has 206 valence electrons. The third kappa shape index (κ3) is 7.47. The monoisotopic (exact) mass is 548 g/mol. The van der Waals surface area contributed by atoms with Gasteiger partial charge in [-0.2, -0.15) is 0 Å². The van der Waals surface area contributed by atoms with E-state index in [1.165, 1.54) is 11.3 Å². The van der Waals surface area contributed by atoms with Crippen LogP contribution in [0.2, 0.25) is 0 Å². The first-order chi connectivity index (χ1) is 18.5. The fourth-order valence-electron chi connectivity index (χ4n) is 4.96. The fourth-order valence-corrected chi connectivity index (χ4v) is 5.71. The number of carboxylic acid groups (broad SMARTS) is 1. The zero-order valence-corrected chi connectivity index (χ0v) is 23.5. The molecule has 4 rings (SSSR count). The minimum absolute atomic E-state index is 0.222. The number of piperidine rings is 1. The van der Waals surface area contributed by atoms with Gasteiger partial charge < -0.3 is 20.1 Å². The number of rotatable bonds is 8. The van der Waals surface area contributed by atoms with Crippen LogP contribution >= 0.6 is 11.3 Å². The second kappa shape index (κ2) is 12.0. The van der Waals surface area contributed by atoms with Crippen LogP contribution in [0.5, 0.6) is 0 Å². The molecule has 2 amide bonds. The van der Waals surface area contributed by atoms with Gasteiger partial charge in [0.15, 0.2) is 0 Å². The average Bonchev–Trinajstić information content (AvgIpc) is 3.41. The lowest BCUT2D eigenvalue weighted by Crippen LogP contribution is -2.54. The quantitative estimate of drug-likeness (QED) is 0.372. The molecule has 39 heavy (non-hydrogen) atoms. The predicted molar refractivity (Wildman–Crippen MR) is 153 cm³/mol. The number of ether oxygens (including phenoxy) is 1. The average molecular weight is 549 g/mol. The summed E-state index contributed by atoms with van der Waals surface area (Å²) in [6.07, 6.45) is 0.783. The summed E-state index contributed by atoms with van der Waals surface area (Å²) in [5.41, 5.74) is 1.51. The fraction of sp³-hybridized carbons (Fsp3) is 0.387. The molecule has 0 bridgehead atoms. The molecule has 3 aromatic rings. The van der Waals surface area contributed by atoms with Crippen molar-refractivity contribution in [2.75, 3.05) is 13.1 Å². The molecule has 1 aliphatic rings. The SMILES string of the molecule is CC(C)(C)OC(=O)N[C@@H](Cc1cccs1)C(=O)N1CCC(Cc2ccc(-c3ccccc3)cc2)(C(=O)O)CC1. The van der Waals surface area contributed by atoms with Gasteiger partial charge in [-0.05, 0) is 68.2 Å². The molecule has 1 atom stereocenters. The lowest BCUT2D eigenvalue weighted by molar-refractivity contribution is -0.154. The maximum atomic E-state index is 13.5. The summed E-state index contributed by atoms with van der Waals surface area (Å²) < 4.78 is 5.40. The zero-order chi connectivity index (χ0) is 28.0. The van der Waals surface area contributed by atoms with E-state index in [0.717, 1.165) is 21.6 Å². The lowest BCUT2D eigenvalue weighted by atomic mass is 9.73. The molecule has 1 aliphatic heterocycles. The van der Waals surface area contributed by atoms with Crippen molar-refractivity contribution in [2.24, 2.45) is 5.41 Å². The predicted octanol–water partition coefficient (Wildman–Crippen LogP) is 5.79. The summed E-state index contributed by atoms with van der Waals surface area (Å²) in [4.78, 5) is 41.2. The summed E-state index contributed by atoms with van der Waals surface area (Å²) in [7, 11) is 0. The van der Waals surface area contributed by atoms with Crippen molar-refractivity contribution in [2.45, 2.75) is 58.1 Å². The van der Waals surface area contributed by atoms with Crippen molar-refractivity contribution in [3.8, 4) is 11.1 Å². The Kier molecular flexibility index (Phi) is 8.75. The summed E-state index contributed by atoms with van der Waals surface area (Å²) in [6.45, 7) is 5.93. The number of carbonyl (C=O) groups excluding carboxylic acids is 2. The molecular formula is C31H36N2O5S. The van der Waals surface area contributed by atoms with Crippen molar-refractivity contribution >= 4 is 29.3 Å². The number of carboxylic acids is 1. The first-order valence-electron chi connectivity index (χ1n) is 13.2. The van der Waals surface area contributed by atoms with Crippen molar-refractivity contribution < 1.29 is 24.2 Å². The molecule has 1 saturated heterocycles. The standard InChI is InChI=1S/C31H36N2O5S/c1-30(2,3)38-29(37)32-26(20-25-10-7-19-39-25)27(34)33-17-15-31(16-18-33,28(35)36)21-22-11-13-24(14-12-22)23-8-5-4-6-9-23/h4-14,19,26H,15-18,20-21H2,1-3H3,(H,32,37)(H,35,36)/t26-/m0/s1. The van der Waals surface area contributed by atoms with Gasteiger partial charge in [0.2, 0.25) is 5.91 Å². The van der Waals surface area contributed by atoms with E-state index < -0.39 is 29.1 Å². The van der Waals surface area contributed by atoms with Crippen LogP contribution < -0.4 is 5.32 Å². The van der Waals surface area contributed by atoms with Crippen molar-refractivity contribution in [3.63, 3.8) is 0 Å². The van der Waals surface area contributed by atoms with Crippen LogP contribution in [0.4, 0.5) is 4.79 Å². The maximum Gasteiger partial charge on any atom is 0.408 e. The van der Waals surface area contributed by atoms with Gasteiger partial charge in [-0.1, -0.05) is 60.7 Å². The number of likely N-dealkylation sites (tertiary alicyclic amines) is 1. The normalized spacial score (nSPS) is 15.8. The number of hydrogen-bond donors (Lipinski definition) is 2. The molecule has 0 radical (unpaired) electrons. The van der Waals surface area contributed by atoms with E-state index >= 15 is 0 Å². The number of thiophene rings is 1. The number of aliphatic carboxylic acids is 1. The number of alkyl carbamates (subject to hydrolysis) is 1. The van der Waals surface area contributed by atoms with E-state index in [0.29, 0.717) is 38.8 Å². The Morgan fingerprint density at radius 3 is 2.18 bits per heavy atom. The highest BCUT2D eigenvalue weighted by Crippen LogP contribution is 2.36. The van der Waals surface area contributed by atoms with E-state index in [2.05, 4.69) is 5.32 Å². The molecule has 0 unspecified atom stereocenters. The van der Waals surface area contributed by atoms with E-state index in [9.17, 15) is 19.5 Å². The van der Waals surface area contributed by atoms with Gasteiger partial charge >= 0.3 is 12.1 Å². The highest BCUT2D eigenvalue weighted by atomic mass is 32.1. The topological polar surface area (TPSA) is 95.9 Å². The molecule has 1 aromatic heterocycles. The third-order valence-electron chi connectivity index (χ3n) is 7.06. The highest BCUT2D eigenvalue weighted by Gasteiger charge is 2.43. The molecule has 0 spiro atoms. The lowest BCUT2D eigenvalue weighted by Gasteiger charge is -2.40. The minimum Gasteiger partial charge on any atom is -0.481 e. The Balaban J connectivity index is 1.43. The van der Waals surface area contributed by atoms with Crippen LogP contribution in [-0.4, -0.2) is 52.7 Å². The van der Waals surface area contributed by atoms with Crippen LogP contribution in [0.1, 0.15) is 44.1 Å². The van der Waals surface area contributed by atoms with Crippen LogP contribution in [0.15, 0.2) is 72.1 Å². The van der Waals surface area contributed by atoms with E-state index in [4.69, 9.17) is 4.74 Å². The van der Waals surface area contributed by atoms with Gasteiger partial charge in [-0.3, -0.25) is 9.59 Å². The van der Waals surface area contributed by atoms with Crippen molar-refractivity contribution in [1.82, 2.24) is 10.2 Å². The number of benzene rings is 2. The van der Waals surface area contributed by atoms with E-state index in [1.54, 1.807) is 25.7 Å². The molecular weight excluding hydrogens is 512 g/mol. The minimum atomic E-state index is -0.952. The van der Waals surface area contributed by atoms with Crippen LogP contribution in [0.3, 0.4) is 0 Å².